The predicted octanol–water partition coefficient (Wildman–Crippen LogP) is 4.91. The molecule has 0 N–H and O–H groups in total. The first-order valence-corrected chi connectivity index (χ1v) is 13.3. The minimum Gasteiger partial charge on any atom is -0.342 e. The number of amides is 2. The van der Waals surface area contributed by atoms with Gasteiger partial charge in [0.25, 0.3) is 5.91 Å². The van der Waals surface area contributed by atoms with Crippen molar-refractivity contribution in [2.45, 2.75) is 64.7 Å². The summed E-state index contributed by atoms with van der Waals surface area (Å²) in [7, 11) is 0. The summed E-state index contributed by atoms with van der Waals surface area (Å²) in [6, 6.07) is 7.67. The Balaban J connectivity index is 1.31. The third-order valence-electron chi connectivity index (χ3n) is 7.93. The van der Waals surface area contributed by atoms with Crippen LogP contribution in [-0.4, -0.2) is 57.6 Å². The number of fused-ring (bicyclic) bond motifs is 1. The van der Waals surface area contributed by atoms with Crippen molar-refractivity contribution in [1.29, 1.82) is 0 Å². The Kier molecular flexibility index (Phi) is 6.96. The van der Waals surface area contributed by atoms with E-state index < -0.39 is 0 Å². The van der Waals surface area contributed by atoms with Crippen LogP contribution in [0.3, 0.4) is 0 Å². The van der Waals surface area contributed by atoms with Crippen molar-refractivity contribution in [2.75, 3.05) is 26.2 Å². The van der Waals surface area contributed by atoms with Gasteiger partial charge in [0.15, 0.2) is 5.69 Å². The number of piperidine rings is 2. The largest absolute Gasteiger partial charge is 0.342 e. The normalized spacial score (nSPS) is 20.2. The fourth-order valence-electron chi connectivity index (χ4n) is 5.71. The summed E-state index contributed by atoms with van der Waals surface area (Å²) in [6.07, 6.45) is 8.90. The number of aromatic nitrogens is 2. The topological polar surface area (TPSA) is 58.4 Å². The van der Waals surface area contributed by atoms with E-state index in [4.69, 9.17) is 16.7 Å². The van der Waals surface area contributed by atoms with Crippen LogP contribution in [0.5, 0.6) is 0 Å². The molecule has 0 radical (unpaired) electrons. The van der Waals surface area contributed by atoms with Gasteiger partial charge in [0, 0.05) is 48.4 Å². The van der Waals surface area contributed by atoms with Crippen molar-refractivity contribution in [3.8, 4) is 5.69 Å². The van der Waals surface area contributed by atoms with Gasteiger partial charge in [-0.25, -0.2) is 4.68 Å². The molecule has 7 heteroatoms. The fourth-order valence-corrected chi connectivity index (χ4v) is 5.84. The lowest BCUT2D eigenvalue weighted by Crippen LogP contribution is -2.46. The van der Waals surface area contributed by atoms with Crippen LogP contribution in [0.4, 0.5) is 0 Å². The second kappa shape index (κ2) is 10.1. The number of carbonyl (C=O) groups excluding carboxylic acids is 2. The monoisotopic (exact) mass is 482 g/mol. The third kappa shape index (κ3) is 4.74. The highest BCUT2D eigenvalue weighted by Gasteiger charge is 2.34. The number of halogens is 1. The average Bonchev–Trinajstić information content (AvgIpc) is 3.05. The van der Waals surface area contributed by atoms with Gasteiger partial charge in [-0.05, 0) is 81.5 Å². The molecule has 0 unspecified atom stereocenters. The molecule has 0 saturated carbocycles. The molecule has 0 atom stereocenters. The van der Waals surface area contributed by atoms with Gasteiger partial charge >= 0.3 is 0 Å². The molecule has 3 aliphatic rings. The van der Waals surface area contributed by atoms with Crippen molar-refractivity contribution < 1.29 is 9.59 Å². The smallest absolute Gasteiger partial charge is 0.274 e. The first-order valence-electron chi connectivity index (χ1n) is 13.0. The van der Waals surface area contributed by atoms with Gasteiger partial charge in [0.2, 0.25) is 5.91 Å². The highest BCUT2D eigenvalue weighted by atomic mass is 35.5. The van der Waals surface area contributed by atoms with Crippen LogP contribution in [0.15, 0.2) is 24.3 Å². The first-order chi connectivity index (χ1) is 16.5. The maximum Gasteiger partial charge on any atom is 0.274 e. The van der Waals surface area contributed by atoms with Crippen LogP contribution in [0.1, 0.15) is 73.6 Å². The number of nitrogens with zero attached hydrogens (tertiary/aromatic N) is 4. The molecule has 2 fully saturated rings. The molecule has 2 amide bonds. The van der Waals surface area contributed by atoms with Gasteiger partial charge in [-0.1, -0.05) is 24.9 Å². The van der Waals surface area contributed by atoms with Gasteiger partial charge in [-0.2, -0.15) is 5.10 Å². The van der Waals surface area contributed by atoms with Crippen molar-refractivity contribution >= 4 is 23.4 Å². The fraction of sp³-hybridized carbons (Fsp3) is 0.593. The maximum absolute atomic E-state index is 13.6. The average molecular weight is 483 g/mol. The van der Waals surface area contributed by atoms with E-state index in [0.29, 0.717) is 35.6 Å². The zero-order valence-electron chi connectivity index (χ0n) is 20.1. The molecule has 34 heavy (non-hydrogen) atoms. The Bertz CT molecular complexity index is 1030. The van der Waals surface area contributed by atoms with Crippen LogP contribution in [0, 0.1) is 11.8 Å². The SMILES string of the molecule is CC1CCN(C(=O)C2CCN(C(=O)c3nn(-c4ccc(Cl)cc4)c4c3CCCCC4)CC2)CC1. The molecular weight excluding hydrogens is 448 g/mol. The lowest BCUT2D eigenvalue weighted by Gasteiger charge is -2.36. The molecule has 182 valence electrons. The quantitative estimate of drug-likeness (QED) is 0.584. The van der Waals surface area contributed by atoms with Crippen molar-refractivity contribution in [3.63, 3.8) is 0 Å². The number of hydrogen-bond donors (Lipinski definition) is 0. The van der Waals surface area contributed by atoms with Crippen LogP contribution >= 0.6 is 11.6 Å². The van der Waals surface area contributed by atoms with Crippen molar-refractivity contribution in [3.05, 3.63) is 46.2 Å². The summed E-state index contributed by atoms with van der Waals surface area (Å²) in [5, 5.41) is 5.54. The number of hydrogen-bond acceptors (Lipinski definition) is 3. The van der Waals surface area contributed by atoms with E-state index in [0.717, 1.165) is 81.4 Å². The number of benzene rings is 1. The van der Waals surface area contributed by atoms with Gasteiger partial charge < -0.3 is 9.80 Å². The molecule has 3 heterocycles. The zero-order valence-corrected chi connectivity index (χ0v) is 20.9. The van der Waals surface area contributed by atoms with Gasteiger partial charge in [0.05, 0.1) is 5.69 Å². The Morgan fingerprint density at radius 2 is 1.53 bits per heavy atom. The molecule has 1 aliphatic carbocycles. The summed E-state index contributed by atoms with van der Waals surface area (Å²) < 4.78 is 1.96. The molecule has 0 bridgehead atoms. The zero-order chi connectivity index (χ0) is 23.7. The summed E-state index contributed by atoms with van der Waals surface area (Å²) >= 11 is 6.10. The third-order valence-corrected chi connectivity index (χ3v) is 8.18. The van der Waals surface area contributed by atoms with Crippen LogP contribution in [0.25, 0.3) is 5.69 Å². The second-order valence-electron chi connectivity index (χ2n) is 10.3. The summed E-state index contributed by atoms with van der Waals surface area (Å²) in [5.41, 5.74) is 3.81. The standard InChI is InChI=1S/C27H35ClN4O2/c1-19-11-15-30(16-12-19)26(33)20-13-17-31(18-14-20)27(34)25-23-5-3-2-4-6-24(23)32(29-25)22-9-7-21(28)8-10-22/h7-10,19-20H,2-6,11-18H2,1H3. The van der Waals surface area contributed by atoms with E-state index in [2.05, 4.69) is 11.8 Å². The van der Waals surface area contributed by atoms with E-state index >= 15 is 0 Å². The second-order valence-corrected chi connectivity index (χ2v) is 10.7. The van der Waals surface area contributed by atoms with Gasteiger partial charge in [-0.3, -0.25) is 9.59 Å². The van der Waals surface area contributed by atoms with E-state index in [1.807, 2.05) is 33.8 Å². The molecule has 5 rings (SSSR count). The number of rotatable bonds is 3. The lowest BCUT2D eigenvalue weighted by atomic mass is 9.92. The highest BCUT2D eigenvalue weighted by Crippen LogP contribution is 2.29. The molecule has 2 aromatic rings. The molecule has 1 aromatic carbocycles. The number of carbonyl (C=O) groups is 2. The first kappa shape index (κ1) is 23.4. The number of likely N-dealkylation sites (tertiary alicyclic amines) is 2. The molecule has 2 saturated heterocycles. The molecule has 1 aromatic heterocycles. The summed E-state index contributed by atoms with van der Waals surface area (Å²) in [5.74, 6) is 1.07. The van der Waals surface area contributed by atoms with Gasteiger partial charge in [-0.15, -0.1) is 0 Å². The Labute approximate surface area is 207 Å². The van der Waals surface area contributed by atoms with Crippen molar-refractivity contribution in [2.24, 2.45) is 11.8 Å². The minimum absolute atomic E-state index is 0.0172. The van der Waals surface area contributed by atoms with Crippen molar-refractivity contribution in [1.82, 2.24) is 19.6 Å². The van der Waals surface area contributed by atoms with Crippen LogP contribution in [0.2, 0.25) is 5.02 Å². The molecule has 2 aliphatic heterocycles. The Morgan fingerprint density at radius 1 is 0.882 bits per heavy atom. The molecular formula is C27H35ClN4O2. The van der Waals surface area contributed by atoms with Gasteiger partial charge in [0.1, 0.15) is 0 Å². The maximum atomic E-state index is 13.6. The Hall–Kier alpha value is -2.34. The minimum atomic E-state index is 0.0172. The summed E-state index contributed by atoms with van der Waals surface area (Å²) in [6.45, 7) is 5.28. The van der Waals surface area contributed by atoms with Crippen LogP contribution in [-0.2, 0) is 17.6 Å². The predicted molar refractivity (Wildman–Crippen MR) is 133 cm³/mol. The molecule has 6 nitrogen and oxygen atoms in total. The highest BCUT2D eigenvalue weighted by molar-refractivity contribution is 6.30. The van der Waals surface area contributed by atoms with Crippen LogP contribution < -0.4 is 0 Å². The van der Waals surface area contributed by atoms with E-state index in [-0.39, 0.29) is 11.8 Å². The summed E-state index contributed by atoms with van der Waals surface area (Å²) in [4.78, 5) is 30.6. The van der Waals surface area contributed by atoms with E-state index in [1.165, 1.54) is 6.42 Å². The van der Waals surface area contributed by atoms with E-state index in [1.54, 1.807) is 0 Å². The lowest BCUT2D eigenvalue weighted by molar-refractivity contribution is -0.138. The Morgan fingerprint density at radius 3 is 2.24 bits per heavy atom. The molecule has 0 spiro atoms. The van der Waals surface area contributed by atoms with E-state index in [9.17, 15) is 9.59 Å².